The number of rotatable bonds is 3. The van der Waals surface area contributed by atoms with Crippen LogP contribution in [0, 0.1) is 5.92 Å². The number of aromatic nitrogens is 1. The normalized spacial score (nSPS) is 21.2. The minimum Gasteiger partial charge on any atom is -0.366 e. The predicted molar refractivity (Wildman–Crippen MR) is 81.3 cm³/mol. The number of hydrogen-bond acceptors (Lipinski definition) is 4. The molecule has 132 valence electrons. The second-order valence-electron chi connectivity index (χ2n) is 5.60. The monoisotopic (exact) mass is 364 g/mol. The van der Waals surface area contributed by atoms with Crippen LogP contribution in [0.3, 0.4) is 0 Å². The maximum atomic E-state index is 12.6. The van der Waals surface area contributed by atoms with Gasteiger partial charge in [-0.15, -0.1) is 0 Å². The summed E-state index contributed by atoms with van der Waals surface area (Å²) in [6, 6.07) is -0.131. The van der Waals surface area contributed by atoms with Gasteiger partial charge >= 0.3 is 12.2 Å². The van der Waals surface area contributed by atoms with E-state index in [-0.39, 0.29) is 22.8 Å². The number of urea groups is 1. The van der Waals surface area contributed by atoms with Gasteiger partial charge in [-0.2, -0.15) is 13.2 Å². The topological polar surface area (TPSA) is 97.1 Å². The molecule has 10 heteroatoms. The van der Waals surface area contributed by atoms with Crippen LogP contribution in [-0.2, 0) is 11.0 Å². The van der Waals surface area contributed by atoms with E-state index in [0.29, 0.717) is 25.7 Å². The SMILES string of the molecule is NC(=O)NC(=O)C1CCC(Nc2ncc(C(F)(F)F)cc2Cl)CC1. The summed E-state index contributed by atoms with van der Waals surface area (Å²) in [5, 5.41) is 4.93. The largest absolute Gasteiger partial charge is 0.417 e. The molecule has 0 aliphatic heterocycles. The molecular weight excluding hydrogens is 349 g/mol. The highest BCUT2D eigenvalue weighted by molar-refractivity contribution is 6.33. The van der Waals surface area contributed by atoms with Gasteiger partial charge in [0.05, 0.1) is 10.6 Å². The quantitative estimate of drug-likeness (QED) is 0.768. The molecule has 1 saturated carbocycles. The Kier molecular flexibility index (Phi) is 5.53. The van der Waals surface area contributed by atoms with Gasteiger partial charge in [0.25, 0.3) is 0 Å². The van der Waals surface area contributed by atoms with Gasteiger partial charge in [-0.1, -0.05) is 11.6 Å². The van der Waals surface area contributed by atoms with Crippen molar-refractivity contribution in [1.82, 2.24) is 10.3 Å². The van der Waals surface area contributed by atoms with Crippen LogP contribution in [0.4, 0.5) is 23.8 Å². The second kappa shape index (κ2) is 7.25. The third-order valence-electron chi connectivity index (χ3n) is 3.85. The Hall–Kier alpha value is -2.03. The molecule has 1 heterocycles. The summed E-state index contributed by atoms with van der Waals surface area (Å²) in [7, 11) is 0. The van der Waals surface area contributed by atoms with E-state index in [1.165, 1.54) is 0 Å². The number of nitrogens with two attached hydrogens (primary N) is 1. The molecule has 6 nitrogen and oxygen atoms in total. The van der Waals surface area contributed by atoms with E-state index in [9.17, 15) is 22.8 Å². The van der Waals surface area contributed by atoms with Crippen molar-refractivity contribution < 1.29 is 22.8 Å². The molecule has 1 aromatic rings. The van der Waals surface area contributed by atoms with Gasteiger partial charge in [-0.25, -0.2) is 9.78 Å². The van der Waals surface area contributed by atoms with Crippen LogP contribution in [0.1, 0.15) is 31.2 Å². The summed E-state index contributed by atoms with van der Waals surface area (Å²) in [4.78, 5) is 26.1. The fraction of sp³-hybridized carbons (Fsp3) is 0.500. The van der Waals surface area contributed by atoms with E-state index in [2.05, 4.69) is 10.3 Å². The Labute approximate surface area is 140 Å². The average molecular weight is 365 g/mol. The summed E-state index contributed by atoms with van der Waals surface area (Å²) >= 11 is 5.85. The molecule has 1 aliphatic carbocycles. The number of primary amides is 1. The summed E-state index contributed by atoms with van der Waals surface area (Å²) in [6.07, 6.45) is -1.54. The Morgan fingerprint density at radius 3 is 2.38 bits per heavy atom. The van der Waals surface area contributed by atoms with E-state index in [4.69, 9.17) is 17.3 Å². The molecule has 0 unspecified atom stereocenters. The van der Waals surface area contributed by atoms with Crippen LogP contribution in [0.15, 0.2) is 12.3 Å². The number of hydrogen-bond donors (Lipinski definition) is 3. The van der Waals surface area contributed by atoms with Crippen molar-refractivity contribution in [3.8, 4) is 0 Å². The summed E-state index contributed by atoms with van der Waals surface area (Å²) in [5.41, 5.74) is 3.99. The maximum Gasteiger partial charge on any atom is 0.417 e. The number of nitrogens with zero attached hydrogens (tertiary/aromatic N) is 1. The molecular formula is C14H16ClF3N4O2. The maximum absolute atomic E-state index is 12.6. The van der Waals surface area contributed by atoms with Crippen molar-refractivity contribution in [1.29, 1.82) is 0 Å². The Bertz CT molecular complexity index is 631. The molecule has 0 saturated heterocycles. The van der Waals surface area contributed by atoms with Crippen molar-refractivity contribution in [2.45, 2.75) is 37.9 Å². The third-order valence-corrected chi connectivity index (χ3v) is 4.14. The lowest BCUT2D eigenvalue weighted by Crippen LogP contribution is -2.41. The molecule has 24 heavy (non-hydrogen) atoms. The molecule has 2 rings (SSSR count). The zero-order valence-electron chi connectivity index (χ0n) is 12.5. The number of anilines is 1. The number of alkyl halides is 3. The zero-order valence-corrected chi connectivity index (χ0v) is 13.2. The Balaban J connectivity index is 1.92. The number of imide groups is 1. The summed E-state index contributed by atoms with van der Waals surface area (Å²) in [6.45, 7) is 0. The molecule has 3 amide bonds. The van der Waals surface area contributed by atoms with Gasteiger partial charge in [-0.3, -0.25) is 10.1 Å². The molecule has 1 fully saturated rings. The van der Waals surface area contributed by atoms with Gasteiger partial charge < -0.3 is 11.1 Å². The van der Waals surface area contributed by atoms with Gasteiger partial charge in [0, 0.05) is 18.2 Å². The lowest BCUT2D eigenvalue weighted by Gasteiger charge is -2.28. The van der Waals surface area contributed by atoms with Gasteiger partial charge in [-0.05, 0) is 31.7 Å². The zero-order chi connectivity index (χ0) is 17.9. The highest BCUT2D eigenvalue weighted by Crippen LogP contribution is 2.33. The van der Waals surface area contributed by atoms with Crippen LogP contribution in [0.5, 0.6) is 0 Å². The number of carbonyl (C=O) groups is 2. The summed E-state index contributed by atoms with van der Waals surface area (Å²) in [5.74, 6) is -0.548. The first kappa shape index (κ1) is 18.3. The number of nitrogens with one attached hydrogen (secondary N) is 2. The average Bonchev–Trinajstić information content (AvgIpc) is 2.48. The van der Waals surface area contributed by atoms with Crippen molar-refractivity contribution in [3.63, 3.8) is 0 Å². The first-order valence-corrected chi connectivity index (χ1v) is 7.64. The molecule has 0 radical (unpaired) electrons. The lowest BCUT2D eigenvalue weighted by atomic mass is 9.85. The number of pyridine rings is 1. The molecule has 4 N–H and O–H groups in total. The van der Waals surface area contributed by atoms with E-state index in [1.807, 2.05) is 5.32 Å². The van der Waals surface area contributed by atoms with Gasteiger partial charge in [0.15, 0.2) is 0 Å². The van der Waals surface area contributed by atoms with Crippen molar-refractivity contribution in [2.75, 3.05) is 5.32 Å². The molecule has 0 aromatic carbocycles. The minimum atomic E-state index is -4.50. The van der Waals surface area contributed by atoms with Crippen LogP contribution in [0.2, 0.25) is 5.02 Å². The van der Waals surface area contributed by atoms with Crippen LogP contribution < -0.4 is 16.4 Å². The number of amides is 3. The van der Waals surface area contributed by atoms with Gasteiger partial charge in [0.2, 0.25) is 5.91 Å². The predicted octanol–water partition coefficient (Wildman–Crippen LogP) is 2.92. The highest BCUT2D eigenvalue weighted by Gasteiger charge is 2.32. The molecule has 0 spiro atoms. The first-order valence-electron chi connectivity index (χ1n) is 7.26. The van der Waals surface area contributed by atoms with E-state index >= 15 is 0 Å². The van der Waals surface area contributed by atoms with Crippen LogP contribution in [-0.4, -0.2) is 23.0 Å². The van der Waals surface area contributed by atoms with Gasteiger partial charge in [0.1, 0.15) is 5.82 Å². The summed E-state index contributed by atoms with van der Waals surface area (Å²) < 4.78 is 37.7. The van der Waals surface area contributed by atoms with E-state index in [0.717, 1.165) is 12.3 Å². The van der Waals surface area contributed by atoms with E-state index in [1.54, 1.807) is 0 Å². The third kappa shape index (κ3) is 4.73. The Morgan fingerprint density at radius 2 is 1.88 bits per heavy atom. The second-order valence-corrected chi connectivity index (χ2v) is 6.01. The molecule has 0 atom stereocenters. The smallest absolute Gasteiger partial charge is 0.366 e. The van der Waals surface area contributed by atoms with Crippen molar-refractivity contribution in [3.05, 3.63) is 22.8 Å². The Morgan fingerprint density at radius 1 is 1.25 bits per heavy atom. The minimum absolute atomic E-state index is 0.0654. The molecule has 1 aromatic heterocycles. The first-order chi connectivity index (χ1) is 11.2. The lowest BCUT2D eigenvalue weighted by molar-refractivity contribution is -0.137. The van der Waals surface area contributed by atoms with Crippen molar-refractivity contribution >= 4 is 29.4 Å². The van der Waals surface area contributed by atoms with E-state index < -0.39 is 23.7 Å². The van der Waals surface area contributed by atoms with Crippen LogP contribution in [0.25, 0.3) is 0 Å². The highest BCUT2D eigenvalue weighted by atomic mass is 35.5. The molecule has 1 aliphatic rings. The number of carbonyl (C=O) groups excluding carboxylic acids is 2. The standard InChI is InChI=1S/C14H16ClF3N4O2/c15-10-5-8(14(16,17)18)6-20-11(10)21-9-3-1-7(2-4-9)12(23)22-13(19)24/h5-7,9H,1-4H2,(H,20,21)(H3,19,22,23,24). The molecule has 0 bridgehead atoms. The fourth-order valence-corrected chi connectivity index (χ4v) is 2.84. The fourth-order valence-electron chi connectivity index (χ4n) is 2.62. The van der Waals surface area contributed by atoms with Crippen molar-refractivity contribution in [2.24, 2.45) is 11.7 Å². The van der Waals surface area contributed by atoms with Crippen LogP contribution >= 0.6 is 11.6 Å². The number of halogens is 4.